The molecule has 1 amide bonds. The molecule has 0 saturated heterocycles. The van der Waals surface area contributed by atoms with Crippen LogP contribution in [0.5, 0.6) is 23.0 Å². The van der Waals surface area contributed by atoms with Crippen LogP contribution in [0.15, 0.2) is 36.4 Å². The van der Waals surface area contributed by atoms with Gasteiger partial charge in [0.25, 0.3) is 0 Å². The minimum atomic E-state index is -0.0342. The Morgan fingerprint density at radius 1 is 1.04 bits per heavy atom. The highest BCUT2D eigenvalue weighted by Gasteiger charge is 2.13. The molecule has 0 aliphatic carbocycles. The van der Waals surface area contributed by atoms with Crippen molar-refractivity contribution in [3.63, 3.8) is 0 Å². The summed E-state index contributed by atoms with van der Waals surface area (Å²) in [7, 11) is 3.18. The van der Waals surface area contributed by atoms with Gasteiger partial charge in [-0.3, -0.25) is 4.79 Å². The van der Waals surface area contributed by atoms with Crippen molar-refractivity contribution in [1.82, 2.24) is 5.32 Å². The molecule has 2 N–H and O–H groups in total. The highest BCUT2D eigenvalue weighted by molar-refractivity contribution is 5.76. The Kier molecular flexibility index (Phi) is 5.68. The van der Waals surface area contributed by atoms with Gasteiger partial charge in [-0.05, 0) is 29.8 Å². The molecular weight excluding hydrogens is 336 g/mol. The van der Waals surface area contributed by atoms with Gasteiger partial charge in [-0.1, -0.05) is 6.07 Å². The quantitative estimate of drug-likeness (QED) is 0.755. The van der Waals surface area contributed by atoms with Crippen LogP contribution in [0.25, 0.3) is 0 Å². The van der Waals surface area contributed by atoms with Crippen molar-refractivity contribution >= 4 is 11.6 Å². The summed E-state index contributed by atoms with van der Waals surface area (Å²) < 4.78 is 21.1. The number of fused-ring (bicyclic) bond motifs is 1. The van der Waals surface area contributed by atoms with Crippen LogP contribution < -0.4 is 29.6 Å². The van der Waals surface area contributed by atoms with Crippen LogP contribution in [0.4, 0.5) is 5.69 Å². The first-order chi connectivity index (χ1) is 12.7. The molecular formula is C19H22N2O5. The maximum Gasteiger partial charge on any atom is 0.231 e. The zero-order valence-electron chi connectivity index (χ0n) is 14.8. The minimum Gasteiger partial charge on any atom is -0.493 e. The van der Waals surface area contributed by atoms with E-state index in [1.165, 1.54) is 0 Å². The van der Waals surface area contributed by atoms with Gasteiger partial charge < -0.3 is 29.6 Å². The molecule has 138 valence electrons. The van der Waals surface area contributed by atoms with Gasteiger partial charge in [0, 0.05) is 31.3 Å². The Morgan fingerprint density at radius 3 is 2.65 bits per heavy atom. The molecule has 1 aliphatic rings. The van der Waals surface area contributed by atoms with Gasteiger partial charge in [0.05, 0.1) is 14.2 Å². The van der Waals surface area contributed by atoms with E-state index in [1.807, 2.05) is 36.4 Å². The number of benzene rings is 2. The summed E-state index contributed by atoms with van der Waals surface area (Å²) in [6.07, 6.45) is 0.363. The van der Waals surface area contributed by atoms with Gasteiger partial charge in [-0.2, -0.15) is 0 Å². The molecule has 1 aliphatic heterocycles. The first kappa shape index (κ1) is 17.7. The van der Waals surface area contributed by atoms with E-state index in [9.17, 15) is 4.79 Å². The molecule has 0 atom stereocenters. The number of hydrogen-bond acceptors (Lipinski definition) is 6. The largest absolute Gasteiger partial charge is 0.493 e. The van der Waals surface area contributed by atoms with E-state index in [-0.39, 0.29) is 12.7 Å². The van der Waals surface area contributed by atoms with Gasteiger partial charge in [-0.25, -0.2) is 0 Å². The SMILES string of the molecule is COc1ccc(CNC(=O)CCNc2ccc3c(c2)OCO3)cc1OC. The molecule has 26 heavy (non-hydrogen) atoms. The summed E-state index contributed by atoms with van der Waals surface area (Å²) in [5.41, 5.74) is 1.83. The molecule has 2 aromatic carbocycles. The molecule has 0 aromatic heterocycles. The summed E-state index contributed by atoms with van der Waals surface area (Å²) in [5.74, 6) is 2.73. The molecule has 1 heterocycles. The van der Waals surface area contributed by atoms with E-state index in [1.54, 1.807) is 14.2 Å². The Balaban J connectivity index is 1.43. The fraction of sp³-hybridized carbons (Fsp3) is 0.316. The van der Waals surface area contributed by atoms with E-state index >= 15 is 0 Å². The average Bonchev–Trinajstić information content (AvgIpc) is 3.14. The number of anilines is 1. The second-order valence-corrected chi connectivity index (χ2v) is 5.71. The van der Waals surface area contributed by atoms with Gasteiger partial charge in [0.1, 0.15) is 0 Å². The summed E-state index contributed by atoms with van der Waals surface area (Å²) >= 11 is 0. The summed E-state index contributed by atoms with van der Waals surface area (Å²) in [4.78, 5) is 12.0. The third-order valence-electron chi connectivity index (χ3n) is 3.99. The third kappa shape index (κ3) is 4.30. The lowest BCUT2D eigenvalue weighted by atomic mass is 10.2. The topological polar surface area (TPSA) is 78.1 Å². The van der Waals surface area contributed by atoms with Crippen molar-refractivity contribution in [2.75, 3.05) is 32.9 Å². The smallest absolute Gasteiger partial charge is 0.231 e. The van der Waals surface area contributed by atoms with E-state index in [0.717, 1.165) is 17.0 Å². The highest BCUT2D eigenvalue weighted by atomic mass is 16.7. The Labute approximate surface area is 152 Å². The van der Waals surface area contributed by atoms with Gasteiger partial charge in [0.2, 0.25) is 12.7 Å². The van der Waals surface area contributed by atoms with Crippen LogP contribution in [0.3, 0.4) is 0 Å². The number of carbonyl (C=O) groups is 1. The number of nitrogens with one attached hydrogen (secondary N) is 2. The lowest BCUT2D eigenvalue weighted by Gasteiger charge is -2.11. The average molecular weight is 358 g/mol. The van der Waals surface area contributed by atoms with Gasteiger partial charge in [0.15, 0.2) is 23.0 Å². The van der Waals surface area contributed by atoms with Crippen LogP contribution in [-0.4, -0.2) is 33.5 Å². The molecule has 0 bridgehead atoms. The predicted octanol–water partition coefficient (Wildman–Crippen LogP) is 2.55. The fourth-order valence-electron chi connectivity index (χ4n) is 2.61. The molecule has 3 rings (SSSR count). The van der Waals surface area contributed by atoms with E-state index in [0.29, 0.717) is 36.8 Å². The standard InChI is InChI=1S/C19H22N2O5/c1-23-15-5-3-13(9-17(15)24-2)11-21-19(22)7-8-20-14-4-6-16-18(10-14)26-12-25-16/h3-6,9-10,20H,7-8,11-12H2,1-2H3,(H,21,22). The van der Waals surface area contributed by atoms with Crippen molar-refractivity contribution < 1.29 is 23.7 Å². The summed E-state index contributed by atoms with van der Waals surface area (Å²) in [6.45, 7) is 1.21. The van der Waals surface area contributed by atoms with Crippen molar-refractivity contribution in [2.45, 2.75) is 13.0 Å². The third-order valence-corrected chi connectivity index (χ3v) is 3.99. The number of carbonyl (C=O) groups excluding carboxylic acids is 1. The molecule has 0 radical (unpaired) electrons. The monoisotopic (exact) mass is 358 g/mol. The van der Waals surface area contributed by atoms with Crippen LogP contribution >= 0.6 is 0 Å². The van der Waals surface area contributed by atoms with Crippen LogP contribution in [-0.2, 0) is 11.3 Å². The van der Waals surface area contributed by atoms with Crippen molar-refractivity contribution in [3.8, 4) is 23.0 Å². The molecule has 0 unspecified atom stereocenters. The van der Waals surface area contributed by atoms with Crippen molar-refractivity contribution in [2.24, 2.45) is 0 Å². The number of ether oxygens (including phenoxy) is 4. The fourth-order valence-corrected chi connectivity index (χ4v) is 2.61. The van der Waals surface area contributed by atoms with Crippen molar-refractivity contribution in [3.05, 3.63) is 42.0 Å². The summed E-state index contributed by atoms with van der Waals surface area (Å²) in [6, 6.07) is 11.2. The van der Waals surface area contributed by atoms with Crippen LogP contribution in [0.1, 0.15) is 12.0 Å². The summed E-state index contributed by atoms with van der Waals surface area (Å²) in [5, 5.41) is 6.10. The van der Waals surface area contributed by atoms with Gasteiger partial charge in [-0.15, -0.1) is 0 Å². The molecule has 0 fully saturated rings. The molecule has 0 spiro atoms. The maximum atomic E-state index is 12.0. The number of rotatable bonds is 8. The predicted molar refractivity (Wildman–Crippen MR) is 97.1 cm³/mol. The second-order valence-electron chi connectivity index (χ2n) is 5.71. The van der Waals surface area contributed by atoms with Gasteiger partial charge >= 0.3 is 0 Å². The first-order valence-corrected chi connectivity index (χ1v) is 8.30. The van der Waals surface area contributed by atoms with Crippen LogP contribution in [0.2, 0.25) is 0 Å². The Bertz CT molecular complexity index is 779. The first-order valence-electron chi connectivity index (χ1n) is 8.30. The zero-order chi connectivity index (χ0) is 18.4. The number of hydrogen-bond donors (Lipinski definition) is 2. The molecule has 2 aromatic rings. The lowest BCUT2D eigenvalue weighted by molar-refractivity contribution is -0.121. The van der Waals surface area contributed by atoms with Crippen LogP contribution in [0, 0.1) is 0 Å². The highest BCUT2D eigenvalue weighted by Crippen LogP contribution is 2.34. The van der Waals surface area contributed by atoms with E-state index in [4.69, 9.17) is 18.9 Å². The number of amides is 1. The normalized spacial score (nSPS) is 11.8. The Morgan fingerprint density at radius 2 is 1.85 bits per heavy atom. The molecule has 7 heteroatoms. The minimum absolute atomic E-state index is 0.0342. The van der Waals surface area contributed by atoms with E-state index < -0.39 is 0 Å². The lowest BCUT2D eigenvalue weighted by Crippen LogP contribution is -2.24. The van der Waals surface area contributed by atoms with E-state index in [2.05, 4.69) is 10.6 Å². The number of methoxy groups -OCH3 is 2. The van der Waals surface area contributed by atoms with Crippen molar-refractivity contribution in [1.29, 1.82) is 0 Å². The Hall–Kier alpha value is -3.09. The zero-order valence-corrected chi connectivity index (χ0v) is 14.8. The second kappa shape index (κ2) is 8.33. The maximum absolute atomic E-state index is 12.0. The molecule has 0 saturated carbocycles. The molecule has 7 nitrogen and oxygen atoms in total.